The van der Waals surface area contributed by atoms with Crippen LogP contribution in [0.15, 0.2) is 0 Å². The fourth-order valence-corrected chi connectivity index (χ4v) is 2.48. The third-order valence-corrected chi connectivity index (χ3v) is 3.17. The van der Waals surface area contributed by atoms with Crippen LogP contribution in [0.4, 0.5) is 0 Å². The fraction of sp³-hybridized carbons (Fsp3) is 1.00. The molecule has 0 aromatic rings. The average Bonchev–Trinajstić information content (AvgIpc) is 2.69. The predicted molar refractivity (Wildman–Crippen MR) is 67.3 cm³/mol. The molecule has 2 aliphatic heterocycles. The van der Waals surface area contributed by atoms with E-state index in [1.807, 2.05) is 27.7 Å². The maximum absolute atomic E-state index is 5.79. The van der Waals surface area contributed by atoms with Gasteiger partial charge in [-0.2, -0.15) is 0 Å². The van der Waals surface area contributed by atoms with Crippen LogP contribution in [0.5, 0.6) is 0 Å². The standard InChI is InChI=1S/C13H25NO4/c1-12(2)15-8-10(17-12)6-14(5)7-11-9-16-13(3,4)18-11/h10-11H,6-9H2,1-5H3/t10-,11-/m0/s1. The van der Waals surface area contributed by atoms with E-state index in [-0.39, 0.29) is 12.2 Å². The highest BCUT2D eigenvalue weighted by Crippen LogP contribution is 2.24. The molecule has 0 spiro atoms. The monoisotopic (exact) mass is 259 g/mol. The lowest BCUT2D eigenvalue weighted by Crippen LogP contribution is -2.38. The number of rotatable bonds is 4. The molecular weight excluding hydrogens is 234 g/mol. The van der Waals surface area contributed by atoms with Crippen LogP contribution in [0.3, 0.4) is 0 Å². The molecule has 18 heavy (non-hydrogen) atoms. The van der Waals surface area contributed by atoms with Crippen molar-refractivity contribution in [3.05, 3.63) is 0 Å². The Labute approximate surface area is 109 Å². The second kappa shape index (κ2) is 5.06. The van der Waals surface area contributed by atoms with Crippen LogP contribution >= 0.6 is 0 Å². The fourth-order valence-electron chi connectivity index (χ4n) is 2.48. The van der Waals surface area contributed by atoms with Crippen LogP contribution in [0.2, 0.25) is 0 Å². The zero-order valence-corrected chi connectivity index (χ0v) is 12.1. The first kappa shape index (κ1) is 14.2. The Bertz CT molecular complexity index is 265. The first-order chi connectivity index (χ1) is 8.26. The van der Waals surface area contributed by atoms with Crippen molar-refractivity contribution in [1.82, 2.24) is 4.90 Å². The summed E-state index contributed by atoms with van der Waals surface area (Å²) in [5.74, 6) is -0.888. The first-order valence-corrected chi connectivity index (χ1v) is 6.58. The molecule has 0 amide bonds. The molecule has 0 aromatic heterocycles. The van der Waals surface area contributed by atoms with Gasteiger partial charge in [0.05, 0.1) is 25.4 Å². The van der Waals surface area contributed by atoms with Crippen molar-refractivity contribution in [3.63, 3.8) is 0 Å². The summed E-state index contributed by atoms with van der Waals surface area (Å²) in [6.07, 6.45) is 0.278. The Kier molecular flexibility index (Phi) is 3.99. The molecule has 5 heteroatoms. The SMILES string of the molecule is CN(C[C@H]1COC(C)(C)O1)C[C@H]1COC(C)(C)O1. The summed E-state index contributed by atoms with van der Waals surface area (Å²) < 4.78 is 22.7. The summed E-state index contributed by atoms with van der Waals surface area (Å²) in [5.41, 5.74) is 0. The predicted octanol–water partition coefficient (Wildman–Crippen LogP) is 1.22. The Morgan fingerprint density at radius 3 is 1.56 bits per heavy atom. The Balaban J connectivity index is 1.71. The number of hydrogen-bond acceptors (Lipinski definition) is 5. The van der Waals surface area contributed by atoms with Gasteiger partial charge in [-0.25, -0.2) is 0 Å². The van der Waals surface area contributed by atoms with E-state index in [0.717, 1.165) is 13.1 Å². The third-order valence-electron chi connectivity index (χ3n) is 3.17. The summed E-state index contributed by atoms with van der Waals surface area (Å²) in [5, 5.41) is 0. The highest BCUT2D eigenvalue weighted by molar-refractivity contribution is 4.77. The van der Waals surface area contributed by atoms with Crippen LogP contribution in [-0.4, -0.2) is 62.0 Å². The second-order valence-corrected chi connectivity index (χ2v) is 6.12. The topological polar surface area (TPSA) is 40.2 Å². The van der Waals surface area contributed by atoms with Gasteiger partial charge in [0, 0.05) is 13.1 Å². The molecule has 2 heterocycles. The number of nitrogens with zero attached hydrogens (tertiary/aromatic N) is 1. The van der Waals surface area contributed by atoms with E-state index < -0.39 is 11.6 Å². The normalized spacial score (nSPS) is 34.3. The van der Waals surface area contributed by atoms with Crippen molar-refractivity contribution in [2.75, 3.05) is 33.4 Å². The zero-order chi connectivity index (χ0) is 13.4. The summed E-state index contributed by atoms with van der Waals surface area (Å²) in [4.78, 5) is 2.21. The number of ether oxygens (including phenoxy) is 4. The largest absolute Gasteiger partial charge is 0.348 e. The minimum absolute atomic E-state index is 0.139. The molecule has 5 nitrogen and oxygen atoms in total. The van der Waals surface area contributed by atoms with Gasteiger partial charge in [-0.3, -0.25) is 0 Å². The van der Waals surface area contributed by atoms with Gasteiger partial charge in [0.15, 0.2) is 11.6 Å². The molecule has 2 fully saturated rings. The van der Waals surface area contributed by atoms with Crippen LogP contribution in [0, 0.1) is 0 Å². The molecule has 0 radical (unpaired) electrons. The van der Waals surface area contributed by atoms with E-state index in [4.69, 9.17) is 18.9 Å². The summed E-state index contributed by atoms with van der Waals surface area (Å²) in [6.45, 7) is 10.8. The molecule has 2 rings (SSSR count). The van der Waals surface area contributed by atoms with Gasteiger partial charge in [0.25, 0.3) is 0 Å². The van der Waals surface area contributed by atoms with E-state index >= 15 is 0 Å². The van der Waals surface area contributed by atoms with Gasteiger partial charge in [-0.15, -0.1) is 0 Å². The maximum Gasteiger partial charge on any atom is 0.163 e. The molecular formula is C13H25NO4. The smallest absolute Gasteiger partial charge is 0.163 e. The molecule has 0 unspecified atom stereocenters. The summed E-state index contributed by atoms with van der Waals surface area (Å²) in [6, 6.07) is 0. The van der Waals surface area contributed by atoms with E-state index in [9.17, 15) is 0 Å². The van der Waals surface area contributed by atoms with Gasteiger partial charge in [0.1, 0.15) is 0 Å². The molecule has 0 bridgehead atoms. The van der Waals surface area contributed by atoms with Crippen LogP contribution < -0.4 is 0 Å². The second-order valence-electron chi connectivity index (χ2n) is 6.12. The summed E-state index contributed by atoms with van der Waals surface area (Å²) >= 11 is 0. The number of hydrogen-bond donors (Lipinski definition) is 0. The number of likely N-dealkylation sites (N-methyl/N-ethyl adjacent to an activating group) is 1. The molecule has 2 saturated heterocycles. The van der Waals surface area contributed by atoms with Crippen molar-refractivity contribution in [2.24, 2.45) is 0 Å². The van der Waals surface area contributed by atoms with Crippen molar-refractivity contribution < 1.29 is 18.9 Å². The van der Waals surface area contributed by atoms with Gasteiger partial charge in [0.2, 0.25) is 0 Å². The van der Waals surface area contributed by atoms with Gasteiger partial charge >= 0.3 is 0 Å². The molecule has 0 aliphatic carbocycles. The molecule has 0 saturated carbocycles. The Morgan fingerprint density at radius 2 is 1.28 bits per heavy atom. The van der Waals surface area contributed by atoms with E-state index in [1.165, 1.54) is 0 Å². The van der Waals surface area contributed by atoms with E-state index in [1.54, 1.807) is 0 Å². The Hall–Kier alpha value is -0.200. The molecule has 106 valence electrons. The van der Waals surface area contributed by atoms with Crippen molar-refractivity contribution in [2.45, 2.75) is 51.5 Å². The van der Waals surface area contributed by atoms with Gasteiger partial charge < -0.3 is 23.8 Å². The van der Waals surface area contributed by atoms with E-state index in [2.05, 4.69) is 11.9 Å². The lowest BCUT2D eigenvalue weighted by molar-refractivity contribution is -0.144. The third kappa shape index (κ3) is 3.90. The van der Waals surface area contributed by atoms with Crippen LogP contribution in [-0.2, 0) is 18.9 Å². The molecule has 0 aromatic carbocycles. The van der Waals surface area contributed by atoms with Crippen LogP contribution in [0.1, 0.15) is 27.7 Å². The first-order valence-electron chi connectivity index (χ1n) is 6.58. The lowest BCUT2D eigenvalue weighted by atomic mass is 10.3. The van der Waals surface area contributed by atoms with Crippen molar-refractivity contribution >= 4 is 0 Å². The highest BCUT2D eigenvalue weighted by atomic mass is 16.7. The molecule has 0 N–H and O–H groups in total. The molecule has 2 aliphatic rings. The van der Waals surface area contributed by atoms with Crippen molar-refractivity contribution in [1.29, 1.82) is 0 Å². The van der Waals surface area contributed by atoms with Gasteiger partial charge in [-0.05, 0) is 34.7 Å². The Morgan fingerprint density at radius 1 is 0.889 bits per heavy atom. The summed E-state index contributed by atoms with van der Waals surface area (Å²) in [7, 11) is 2.07. The minimum Gasteiger partial charge on any atom is -0.348 e. The molecule has 2 atom stereocenters. The van der Waals surface area contributed by atoms with Crippen LogP contribution in [0.25, 0.3) is 0 Å². The minimum atomic E-state index is -0.444. The maximum atomic E-state index is 5.79. The highest BCUT2D eigenvalue weighted by Gasteiger charge is 2.35. The quantitative estimate of drug-likeness (QED) is 0.759. The zero-order valence-electron chi connectivity index (χ0n) is 12.1. The average molecular weight is 259 g/mol. The van der Waals surface area contributed by atoms with E-state index in [0.29, 0.717) is 13.2 Å². The van der Waals surface area contributed by atoms with Crippen molar-refractivity contribution in [3.8, 4) is 0 Å². The lowest BCUT2D eigenvalue weighted by Gasteiger charge is -2.24. The van der Waals surface area contributed by atoms with Gasteiger partial charge in [-0.1, -0.05) is 0 Å².